The maximum absolute atomic E-state index is 4.88. The Kier molecular flexibility index (Phi) is 4.55. The van der Waals surface area contributed by atoms with Gasteiger partial charge in [0.2, 0.25) is 0 Å². The Morgan fingerprint density at radius 1 is 1.31 bits per heavy atom. The van der Waals surface area contributed by atoms with E-state index in [2.05, 4.69) is 57.3 Å². The third-order valence-electron chi connectivity index (χ3n) is 5.26. The highest BCUT2D eigenvalue weighted by atomic mass is 15.3. The van der Waals surface area contributed by atoms with Crippen LogP contribution in [0.5, 0.6) is 0 Å². The molecule has 3 aromatic rings. The Balaban J connectivity index is 1.51. The lowest BCUT2D eigenvalue weighted by Gasteiger charge is -2.16. The van der Waals surface area contributed by atoms with Crippen LogP contribution in [-0.4, -0.2) is 38.8 Å². The fourth-order valence-electron chi connectivity index (χ4n) is 3.51. The molecule has 1 aliphatic heterocycles. The van der Waals surface area contributed by atoms with Crippen molar-refractivity contribution in [3.8, 4) is 0 Å². The lowest BCUT2D eigenvalue weighted by molar-refractivity contribution is 0.815. The topological polar surface area (TPSA) is 91.2 Å². The van der Waals surface area contributed by atoms with Crippen molar-refractivity contribution in [1.82, 2.24) is 30.2 Å². The van der Waals surface area contributed by atoms with E-state index >= 15 is 0 Å². The van der Waals surface area contributed by atoms with E-state index in [0.29, 0.717) is 6.04 Å². The van der Waals surface area contributed by atoms with E-state index in [4.69, 9.17) is 4.98 Å². The summed E-state index contributed by atoms with van der Waals surface area (Å²) in [5.41, 5.74) is 5.18. The van der Waals surface area contributed by atoms with Crippen molar-refractivity contribution in [2.45, 2.75) is 38.8 Å². The van der Waals surface area contributed by atoms with Crippen molar-refractivity contribution >= 4 is 23.4 Å². The van der Waals surface area contributed by atoms with Crippen molar-refractivity contribution in [1.29, 1.82) is 0 Å². The molecule has 8 nitrogen and oxygen atoms in total. The molecule has 4 N–H and O–H groups in total. The summed E-state index contributed by atoms with van der Waals surface area (Å²) in [5, 5.41) is 18.3. The summed E-state index contributed by atoms with van der Waals surface area (Å²) in [7, 11) is 0. The third-order valence-corrected chi connectivity index (χ3v) is 5.26. The zero-order valence-corrected chi connectivity index (χ0v) is 16.7. The molecule has 0 aromatic carbocycles. The number of nitrogens with one attached hydrogen (secondary N) is 4. The predicted molar refractivity (Wildman–Crippen MR) is 115 cm³/mol. The molecular weight excluding hydrogens is 364 g/mol. The SMILES string of the molecule is Cc1ccnc(C(C)Nc2cc(NC3CC3)n3ncc(/C=C4/CNCN4)c3n2)c1. The van der Waals surface area contributed by atoms with Crippen LogP contribution in [0.3, 0.4) is 0 Å². The standard InChI is InChI=1S/C21H26N8/c1-13-5-6-23-18(7-13)14(2)26-19-9-20(27-16-3-4-16)29-21(28-19)15(10-25-29)8-17-11-22-12-24-17/h5-10,14,16,22,24,27H,3-4,11-12H2,1-2H3,(H,26,28)/b17-8-. The first-order chi connectivity index (χ1) is 14.2. The Labute approximate surface area is 169 Å². The van der Waals surface area contributed by atoms with Gasteiger partial charge in [-0.1, -0.05) is 0 Å². The molecule has 2 aliphatic rings. The highest BCUT2D eigenvalue weighted by Crippen LogP contribution is 2.28. The average molecular weight is 390 g/mol. The smallest absolute Gasteiger partial charge is 0.166 e. The minimum atomic E-state index is 0.0454. The monoisotopic (exact) mass is 390 g/mol. The van der Waals surface area contributed by atoms with Gasteiger partial charge in [-0.2, -0.15) is 9.61 Å². The highest BCUT2D eigenvalue weighted by molar-refractivity contribution is 5.71. The number of nitrogens with zero attached hydrogens (tertiary/aromatic N) is 4. The van der Waals surface area contributed by atoms with Gasteiger partial charge in [0.1, 0.15) is 11.6 Å². The summed E-state index contributed by atoms with van der Waals surface area (Å²) in [6.45, 7) is 5.81. The summed E-state index contributed by atoms with van der Waals surface area (Å²) in [5.74, 6) is 1.78. The first-order valence-corrected chi connectivity index (χ1v) is 10.2. The molecule has 1 aliphatic carbocycles. The molecule has 29 heavy (non-hydrogen) atoms. The Morgan fingerprint density at radius 2 is 2.21 bits per heavy atom. The van der Waals surface area contributed by atoms with E-state index in [1.165, 1.54) is 18.4 Å². The molecular formula is C21H26N8. The van der Waals surface area contributed by atoms with E-state index in [9.17, 15) is 0 Å². The first-order valence-electron chi connectivity index (χ1n) is 10.2. The zero-order chi connectivity index (χ0) is 19.8. The van der Waals surface area contributed by atoms with Crippen LogP contribution in [0.2, 0.25) is 0 Å². The number of pyridine rings is 1. The molecule has 1 unspecified atom stereocenters. The van der Waals surface area contributed by atoms with Gasteiger partial charge in [0.25, 0.3) is 0 Å². The first kappa shape index (κ1) is 17.9. The van der Waals surface area contributed by atoms with Crippen molar-refractivity contribution in [3.63, 3.8) is 0 Å². The molecule has 1 saturated heterocycles. The molecule has 0 radical (unpaired) electrons. The van der Waals surface area contributed by atoms with Gasteiger partial charge in [0.05, 0.1) is 24.6 Å². The quantitative estimate of drug-likeness (QED) is 0.514. The molecule has 0 amide bonds. The third kappa shape index (κ3) is 3.88. The largest absolute Gasteiger partial charge is 0.375 e. The van der Waals surface area contributed by atoms with Crippen LogP contribution in [0.15, 0.2) is 36.3 Å². The van der Waals surface area contributed by atoms with Crippen LogP contribution in [0.25, 0.3) is 11.7 Å². The molecule has 2 fully saturated rings. The van der Waals surface area contributed by atoms with Gasteiger partial charge >= 0.3 is 0 Å². The Hall–Kier alpha value is -3.13. The zero-order valence-electron chi connectivity index (χ0n) is 16.7. The van der Waals surface area contributed by atoms with Crippen molar-refractivity contribution < 1.29 is 0 Å². The molecule has 1 saturated carbocycles. The van der Waals surface area contributed by atoms with E-state index in [0.717, 1.165) is 47.5 Å². The Morgan fingerprint density at radius 3 is 2.97 bits per heavy atom. The lowest BCUT2D eigenvalue weighted by Crippen LogP contribution is -2.13. The number of aryl methyl sites for hydroxylation is 1. The van der Waals surface area contributed by atoms with Gasteiger partial charge in [0.15, 0.2) is 5.65 Å². The number of aromatic nitrogens is 4. The van der Waals surface area contributed by atoms with E-state index in [-0.39, 0.29) is 6.04 Å². The van der Waals surface area contributed by atoms with Gasteiger partial charge in [-0.15, -0.1) is 0 Å². The fourth-order valence-corrected chi connectivity index (χ4v) is 3.51. The van der Waals surface area contributed by atoms with Crippen molar-refractivity contribution in [2.75, 3.05) is 23.8 Å². The van der Waals surface area contributed by atoms with Crippen LogP contribution >= 0.6 is 0 Å². The minimum absolute atomic E-state index is 0.0454. The number of hydrogen-bond donors (Lipinski definition) is 4. The maximum Gasteiger partial charge on any atom is 0.166 e. The summed E-state index contributed by atoms with van der Waals surface area (Å²) < 4.78 is 1.90. The number of rotatable bonds is 6. The maximum atomic E-state index is 4.88. The minimum Gasteiger partial charge on any atom is -0.375 e. The number of hydrogen-bond acceptors (Lipinski definition) is 7. The summed E-state index contributed by atoms with van der Waals surface area (Å²) in [6.07, 6.45) is 8.24. The molecule has 1 atom stereocenters. The number of fused-ring (bicyclic) bond motifs is 1. The molecule has 4 heterocycles. The van der Waals surface area contributed by atoms with Crippen LogP contribution in [-0.2, 0) is 0 Å². The van der Waals surface area contributed by atoms with Crippen LogP contribution < -0.4 is 21.3 Å². The number of anilines is 2. The second kappa shape index (κ2) is 7.36. The lowest BCUT2D eigenvalue weighted by atomic mass is 10.1. The molecule has 8 heteroatoms. The van der Waals surface area contributed by atoms with E-state index < -0.39 is 0 Å². The predicted octanol–water partition coefficient (Wildman–Crippen LogP) is 2.67. The van der Waals surface area contributed by atoms with Crippen molar-refractivity contribution in [2.24, 2.45) is 0 Å². The van der Waals surface area contributed by atoms with Crippen LogP contribution in [0.4, 0.5) is 11.6 Å². The summed E-state index contributed by atoms with van der Waals surface area (Å²) >= 11 is 0. The van der Waals surface area contributed by atoms with Crippen LogP contribution in [0, 0.1) is 6.92 Å². The molecule has 5 rings (SSSR count). The molecule has 3 aromatic heterocycles. The second-order valence-electron chi connectivity index (χ2n) is 7.85. The van der Waals surface area contributed by atoms with Crippen molar-refractivity contribution in [3.05, 3.63) is 53.1 Å². The normalized spacial score (nSPS) is 18.8. The van der Waals surface area contributed by atoms with Gasteiger partial charge < -0.3 is 16.0 Å². The van der Waals surface area contributed by atoms with Gasteiger partial charge in [-0.25, -0.2) is 4.98 Å². The highest BCUT2D eigenvalue weighted by Gasteiger charge is 2.23. The van der Waals surface area contributed by atoms with Gasteiger partial charge in [0, 0.05) is 36.1 Å². The van der Waals surface area contributed by atoms with E-state index in [1.54, 1.807) is 0 Å². The van der Waals surface area contributed by atoms with E-state index in [1.807, 2.05) is 29.0 Å². The van der Waals surface area contributed by atoms with Crippen LogP contribution in [0.1, 0.15) is 42.6 Å². The fraction of sp³-hybridized carbons (Fsp3) is 0.381. The molecule has 0 bridgehead atoms. The molecule has 150 valence electrons. The van der Waals surface area contributed by atoms with Gasteiger partial charge in [-0.05, 0) is 50.5 Å². The second-order valence-corrected chi connectivity index (χ2v) is 7.85. The summed E-state index contributed by atoms with van der Waals surface area (Å²) in [6, 6.07) is 6.72. The van der Waals surface area contributed by atoms with Gasteiger partial charge in [-0.3, -0.25) is 10.3 Å². The Bertz CT molecular complexity index is 1060. The molecule has 0 spiro atoms. The average Bonchev–Trinajstić information content (AvgIpc) is 3.21. The summed E-state index contributed by atoms with van der Waals surface area (Å²) in [4.78, 5) is 9.39.